The summed E-state index contributed by atoms with van der Waals surface area (Å²) in [6.07, 6.45) is 1.04. The normalized spacial score (nSPS) is 24.2. The standard InChI is InChI=1S/C30H47N5O8/c1-29(2,3)25(35-28(39)43-30(4,5)6)27(38)42-24-20(15-40-21(36)14-17-10-8-7-9-11-17)41-23(22(24)37)18-12-13-19(34-18)26(32)33-16-31/h12-13,16-17,20,22-25,34,37H,7-11,14-15H2,1-6H3,(H,35,39)(H3,31,32,33)/t20-,22+,23+,24-,25-/m1/s1. The number of nitrogens with one attached hydrogen (secondary N) is 3. The fourth-order valence-corrected chi connectivity index (χ4v) is 5.26. The Hall–Kier alpha value is -3.45. The third-order valence-corrected chi connectivity index (χ3v) is 7.43. The van der Waals surface area contributed by atoms with E-state index in [1.807, 2.05) is 0 Å². The lowest BCUT2D eigenvalue weighted by atomic mass is 9.86. The molecule has 5 atom stereocenters. The number of hydrogen-bond acceptors (Lipinski definition) is 9. The van der Waals surface area contributed by atoms with Gasteiger partial charge in [0.2, 0.25) is 0 Å². The van der Waals surface area contributed by atoms with E-state index in [9.17, 15) is 19.5 Å². The fourth-order valence-electron chi connectivity index (χ4n) is 5.26. The molecule has 1 saturated heterocycles. The molecule has 6 N–H and O–H groups in total. The summed E-state index contributed by atoms with van der Waals surface area (Å²) in [5, 5.41) is 21.1. The van der Waals surface area contributed by atoms with Crippen LogP contribution in [0.1, 0.15) is 97.6 Å². The van der Waals surface area contributed by atoms with Crippen molar-refractivity contribution in [2.75, 3.05) is 6.61 Å². The highest BCUT2D eigenvalue weighted by Crippen LogP contribution is 2.36. The van der Waals surface area contributed by atoms with Gasteiger partial charge in [-0.15, -0.1) is 0 Å². The predicted molar refractivity (Wildman–Crippen MR) is 159 cm³/mol. The number of aliphatic hydroxyl groups is 1. The molecule has 1 amide bonds. The Bertz CT molecular complexity index is 1160. The van der Waals surface area contributed by atoms with Crippen LogP contribution < -0.4 is 11.1 Å². The Labute approximate surface area is 252 Å². The summed E-state index contributed by atoms with van der Waals surface area (Å²) < 4.78 is 22.8. The highest BCUT2D eigenvalue weighted by molar-refractivity contribution is 5.99. The van der Waals surface area contributed by atoms with Crippen LogP contribution in [0, 0.1) is 16.7 Å². The van der Waals surface area contributed by atoms with Gasteiger partial charge in [0.25, 0.3) is 0 Å². The van der Waals surface area contributed by atoms with Crippen LogP contribution in [0.5, 0.6) is 0 Å². The van der Waals surface area contributed by atoms with Gasteiger partial charge in [0.15, 0.2) is 6.10 Å². The number of aromatic nitrogens is 1. The Morgan fingerprint density at radius 2 is 1.86 bits per heavy atom. The zero-order valence-electron chi connectivity index (χ0n) is 26.0. The lowest BCUT2D eigenvalue weighted by molar-refractivity contribution is -0.164. The van der Waals surface area contributed by atoms with Crippen molar-refractivity contribution < 1.29 is 38.4 Å². The highest BCUT2D eigenvalue weighted by atomic mass is 16.6. The first-order chi connectivity index (χ1) is 20.1. The number of carbonyl (C=O) groups is 3. The first-order valence-electron chi connectivity index (χ1n) is 14.8. The van der Waals surface area contributed by atoms with Crippen molar-refractivity contribution in [1.82, 2.24) is 10.3 Å². The largest absolute Gasteiger partial charge is 0.463 e. The van der Waals surface area contributed by atoms with Gasteiger partial charge in [-0.2, -0.15) is 0 Å². The molecule has 3 rings (SSSR count). The van der Waals surface area contributed by atoms with Crippen molar-refractivity contribution in [2.45, 2.75) is 116 Å². The van der Waals surface area contributed by atoms with Crippen LogP contribution in [-0.4, -0.2) is 76.9 Å². The summed E-state index contributed by atoms with van der Waals surface area (Å²) >= 11 is 0. The van der Waals surface area contributed by atoms with E-state index >= 15 is 0 Å². The van der Waals surface area contributed by atoms with E-state index in [1.54, 1.807) is 53.7 Å². The third-order valence-electron chi connectivity index (χ3n) is 7.43. The maximum atomic E-state index is 13.5. The van der Waals surface area contributed by atoms with Crippen LogP contribution in [0.15, 0.2) is 17.1 Å². The van der Waals surface area contributed by atoms with Crippen LogP contribution in [-0.2, 0) is 28.5 Å². The van der Waals surface area contributed by atoms with E-state index in [4.69, 9.17) is 30.1 Å². The van der Waals surface area contributed by atoms with Gasteiger partial charge in [0.1, 0.15) is 48.7 Å². The highest BCUT2D eigenvalue weighted by Gasteiger charge is 2.49. The molecule has 13 nitrogen and oxygen atoms in total. The van der Waals surface area contributed by atoms with E-state index in [0.717, 1.165) is 32.0 Å². The maximum Gasteiger partial charge on any atom is 0.408 e. The average molecular weight is 606 g/mol. The molecule has 1 aliphatic carbocycles. The molecule has 2 heterocycles. The molecular weight excluding hydrogens is 558 g/mol. The fraction of sp³-hybridized carbons (Fsp3) is 0.700. The number of ether oxygens (including phenoxy) is 4. The molecule has 13 heteroatoms. The first kappa shape index (κ1) is 34.0. The van der Waals surface area contributed by atoms with Gasteiger partial charge in [0.05, 0.1) is 5.69 Å². The zero-order valence-corrected chi connectivity index (χ0v) is 26.0. The van der Waals surface area contributed by atoms with Crippen molar-refractivity contribution in [2.24, 2.45) is 22.1 Å². The van der Waals surface area contributed by atoms with Crippen LogP contribution in [0.2, 0.25) is 0 Å². The van der Waals surface area contributed by atoms with Crippen molar-refractivity contribution in [1.29, 1.82) is 5.41 Å². The van der Waals surface area contributed by atoms with Gasteiger partial charge < -0.3 is 40.1 Å². The van der Waals surface area contributed by atoms with Crippen molar-refractivity contribution >= 4 is 30.2 Å². The van der Waals surface area contributed by atoms with Gasteiger partial charge in [-0.1, -0.05) is 40.0 Å². The van der Waals surface area contributed by atoms with E-state index in [1.165, 1.54) is 6.42 Å². The second-order valence-corrected chi connectivity index (χ2v) is 13.3. The van der Waals surface area contributed by atoms with Crippen LogP contribution in [0.25, 0.3) is 0 Å². The van der Waals surface area contributed by atoms with Gasteiger partial charge >= 0.3 is 18.0 Å². The van der Waals surface area contributed by atoms with E-state index < -0.39 is 53.5 Å². The molecule has 43 heavy (non-hydrogen) atoms. The van der Waals surface area contributed by atoms with Crippen LogP contribution in [0.4, 0.5) is 4.79 Å². The minimum Gasteiger partial charge on any atom is -0.463 e. The van der Waals surface area contributed by atoms with Crippen LogP contribution in [0.3, 0.4) is 0 Å². The monoisotopic (exact) mass is 605 g/mol. The minimum absolute atomic E-state index is 0.0612. The number of rotatable bonds is 10. The number of amidine groups is 1. The summed E-state index contributed by atoms with van der Waals surface area (Å²) in [5.74, 6) is -0.851. The average Bonchev–Trinajstić information content (AvgIpc) is 3.50. The molecule has 2 aliphatic rings. The number of hydrogen-bond donors (Lipinski definition) is 5. The van der Waals surface area contributed by atoms with Gasteiger partial charge in [-0.25, -0.2) is 14.6 Å². The SMILES string of the molecule is CC(C)(C)OC(=O)N[C@H](C(=O)O[C@H]1[C@@H](O)[C@H](c2ccc(C(N)=NC=N)[nH]2)O[C@@H]1COC(=O)CC1CCCCC1)C(C)(C)C. The Balaban J connectivity index is 1.79. The van der Waals surface area contributed by atoms with E-state index in [0.29, 0.717) is 17.8 Å². The molecule has 2 fully saturated rings. The first-order valence-corrected chi connectivity index (χ1v) is 14.8. The molecule has 0 unspecified atom stereocenters. The summed E-state index contributed by atoms with van der Waals surface area (Å²) in [5.41, 5.74) is 5.13. The second kappa shape index (κ2) is 14.3. The minimum atomic E-state index is -1.36. The molecule has 1 aliphatic heterocycles. The van der Waals surface area contributed by atoms with Crippen molar-refractivity contribution in [3.8, 4) is 0 Å². The third kappa shape index (κ3) is 9.78. The maximum absolute atomic E-state index is 13.5. The number of nitrogens with two attached hydrogens (primary N) is 1. The number of carbonyl (C=O) groups excluding carboxylic acids is 3. The number of esters is 2. The number of aromatic amines is 1. The summed E-state index contributed by atoms with van der Waals surface area (Å²) in [6, 6.07) is 2.12. The molecule has 0 radical (unpaired) electrons. The molecule has 1 aromatic heterocycles. The Morgan fingerprint density at radius 3 is 2.47 bits per heavy atom. The van der Waals surface area contributed by atoms with E-state index in [2.05, 4.69) is 15.3 Å². The Morgan fingerprint density at radius 1 is 1.19 bits per heavy atom. The lowest BCUT2D eigenvalue weighted by Gasteiger charge is -2.32. The summed E-state index contributed by atoms with van der Waals surface area (Å²) in [6.45, 7) is 10.1. The number of aliphatic hydroxyl groups excluding tert-OH is 1. The molecule has 0 bridgehead atoms. The number of aliphatic imine (C=N–C) groups is 1. The second-order valence-electron chi connectivity index (χ2n) is 13.3. The molecule has 1 saturated carbocycles. The van der Waals surface area contributed by atoms with Crippen LogP contribution >= 0.6 is 0 Å². The smallest absolute Gasteiger partial charge is 0.408 e. The number of H-pyrrole nitrogens is 1. The molecule has 1 aromatic rings. The summed E-state index contributed by atoms with van der Waals surface area (Å²) in [4.78, 5) is 45.5. The lowest BCUT2D eigenvalue weighted by Crippen LogP contribution is -2.53. The quantitative estimate of drug-likeness (QED) is 0.115. The molecule has 0 spiro atoms. The molecular formula is C30H47N5O8. The van der Waals surface area contributed by atoms with Gasteiger partial charge in [0, 0.05) is 12.1 Å². The number of nitrogens with zero attached hydrogens (tertiary/aromatic N) is 1. The van der Waals surface area contributed by atoms with Gasteiger partial charge in [-0.05, 0) is 57.1 Å². The van der Waals surface area contributed by atoms with Crippen molar-refractivity contribution in [3.63, 3.8) is 0 Å². The topological polar surface area (TPSA) is 198 Å². The van der Waals surface area contributed by atoms with Gasteiger partial charge in [-0.3, -0.25) is 10.2 Å². The van der Waals surface area contributed by atoms with E-state index in [-0.39, 0.29) is 24.3 Å². The van der Waals surface area contributed by atoms with Crippen molar-refractivity contribution in [3.05, 3.63) is 23.5 Å². The number of amides is 1. The Kier molecular flexibility index (Phi) is 11.4. The number of alkyl carbamates (subject to hydrolysis) is 1. The summed E-state index contributed by atoms with van der Waals surface area (Å²) in [7, 11) is 0. The zero-order chi connectivity index (χ0) is 31.9. The molecule has 240 valence electrons. The predicted octanol–water partition coefficient (Wildman–Crippen LogP) is 3.49. The molecule has 0 aromatic carbocycles.